The number of hydrogen-bond acceptors (Lipinski definition) is 1. The van der Waals surface area contributed by atoms with E-state index >= 15 is 0 Å². The molecule has 0 amide bonds. The Morgan fingerprint density at radius 3 is 2.67 bits per heavy atom. The summed E-state index contributed by atoms with van der Waals surface area (Å²) >= 11 is 0. The van der Waals surface area contributed by atoms with Crippen molar-refractivity contribution >= 4 is 0 Å². The van der Waals surface area contributed by atoms with Gasteiger partial charge in [-0.2, -0.15) is 0 Å². The second-order valence-corrected chi connectivity index (χ2v) is 3.99. The Hall–Kier alpha value is -0.300. The molecule has 0 aromatic rings. The van der Waals surface area contributed by atoms with Crippen molar-refractivity contribution in [1.82, 2.24) is 0 Å². The smallest absolute Gasteiger partial charge is 0.0579 e. The summed E-state index contributed by atoms with van der Waals surface area (Å²) in [6.45, 7) is 6.00. The normalized spacial score (nSPS) is 20.2. The predicted octanol–water partition coefficient (Wildman–Crippen LogP) is 2.89. The molecule has 12 heavy (non-hydrogen) atoms. The Morgan fingerprint density at radius 1 is 1.58 bits per heavy atom. The third-order valence-electron chi connectivity index (χ3n) is 2.85. The minimum atomic E-state index is -0.122. The molecule has 1 unspecified atom stereocenters. The van der Waals surface area contributed by atoms with Crippen LogP contribution in [0.4, 0.5) is 0 Å². The van der Waals surface area contributed by atoms with Crippen molar-refractivity contribution in [3.8, 4) is 0 Å². The maximum Gasteiger partial charge on any atom is 0.0579 e. The first kappa shape index (κ1) is 9.79. The summed E-state index contributed by atoms with van der Waals surface area (Å²) in [6.07, 6.45) is 6.72. The van der Waals surface area contributed by atoms with Crippen LogP contribution in [-0.4, -0.2) is 11.2 Å². The lowest BCUT2D eigenvalue weighted by atomic mass is 9.80. The highest BCUT2D eigenvalue weighted by molar-refractivity contribution is 4.95. The summed E-state index contributed by atoms with van der Waals surface area (Å²) in [6, 6.07) is 0. The summed E-state index contributed by atoms with van der Waals surface area (Å²) in [5.41, 5.74) is 1.18. The van der Waals surface area contributed by atoms with Gasteiger partial charge < -0.3 is 5.11 Å². The second kappa shape index (κ2) is 4.66. The molecule has 1 aliphatic carbocycles. The van der Waals surface area contributed by atoms with Crippen molar-refractivity contribution in [3.05, 3.63) is 12.2 Å². The third-order valence-corrected chi connectivity index (χ3v) is 2.85. The minimum Gasteiger partial charge on any atom is -0.393 e. The van der Waals surface area contributed by atoms with Crippen molar-refractivity contribution in [1.29, 1.82) is 0 Å². The molecular weight excluding hydrogens is 148 g/mol. The van der Waals surface area contributed by atoms with Gasteiger partial charge in [-0.1, -0.05) is 38.3 Å². The van der Waals surface area contributed by atoms with Crippen LogP contribution >= 0.6 is 0 Å². The summed E-state index contributed by atoms with van der Waals surface area (Å²) in [4.78, 5) is 0. The van der Waals surface area contributed by atoms with Crippen LogP contribution in [0.5, 0.6) is 0 Å². The Kier molecular flexibility index (Phi) is 3.80. The summed E-state index contributed by atoms with van der Waals surface area (Å²) in [5, 5.41) is 9.63. The first-order valence-corrected chi connectivity index (χ1v) is 5.07. The fourth-order valence-electron chi connectivity index (χ4n) is 1.67. The zero-order chi connectivity index (χ0) is 8.97. The minimum absolute atomic E-state index is 0.122. The van der Waals surface area contributed by atoms with Crippen molar-refractivity contribution < 1.29 is 5.11 Å². The second-order valence-electron chi connectivity index (χ2n) is 3.99. The SMILES string of the molecule is C=C(CC)CC(O)CC1CCC1. The van der Waals surface area contributed by atoms with E-state index in [-0.39, 0.29) is 6.10 Å². The third kappa shape index (κ3) is 2.98. The molecule has 70 valence electrons. The summed E-state index contributed by atoms with van der Waals surface area (Å²) in [7, 11) is 0. The van der Waals surface area contributed by atoms with Gasteiger partial charge in [0.2, 0.25) is 0 Å². The van der Waals surface area contributed by atoms with Crippen LogP contribution in [0.25, 0.3) is 0 Å². The molecule has 1 N–H and O–H groups in total. The van der Waals surface area contributed by atoms with E-state index in [0.29, 0.717) is 0 Å². The lowest BCUT2D eigenvalue weighted by Gasteiger charge is -2.27. The quantitative estimate of drug-likeness (QED) is 0.626. The van der Waals surface area contributed by atoms with Crippen molar-refractivity contribution in [3.63, 3.8) is 0 Å². The lowest BCUT2D eigenvalue weighted by molar-refractivity contribution is 0.117. The standard InChI is InChI=1S/C11H20O/c1-3-9(2)7-11(12)8-10-5-4-6-10/h10-12H,2-8H2,1H3. The molecule has 1 saturated carbocycles. The number of aliphatic hydroxyl groups excluding tert-OH is 1. The first-order valence-electron chi connectivity index (χ1n) is 5.07. The van der Waals surface area contributed by atoms with E-state index in [0.717, 1.165) is 25.2 Å². The molecule has 1 aliphatic rings. The zero-order valence-corrected chi connectivity index (χ0v) is 8.05. The van der Waals surface area contributed by atoms with Crippen LogP contribution in [0, 0.1) is 5.92 Å². The molecule has 0 aromatic heterocycles. The summed E-state index contributed by atoms with van der Waals surface area (Å²) in [5.74, 6) is 0.810. The summed E-state index contributed by atoms with van der Waals surface area (Å²) < 4.78 is 0. The monoisotopic (exact) mass is 168 g/mol. The molecule has 0 heterocycles. The molecule has 0 saturated heterocycles. The molecule has 0 aromatic carbocycles. The van der Waals surface area contributed by atoms with Gasteiger partial charge >= 0.3 is 0 Å². The molecule has 0 bridgehead atoms. The molecule has 1 atom stereocenters. The molecule has 0 spiro atoms. The topological polar surface area (TPSA) is 20.2 Å². The van der Waals surface area contributed by atoms with Gasteiger partial charge in [-0.15, -0.1) is 0 Å². The van der Waals surface area contributed by atoms with Crippen LogP contribution in [-0.2, 0) is 0 Å². The fraction of sp³-hybridized carbons (Fsp3) is 0.818. The number of aliphatic hydroxyl groups is 1. The van der Waals surface area contributed by atoms with Crippen LogP contribution in [0.1, 0.15) is 45.4 Å². The van der Waals surface area contributed by atoms with Crippen LogP contribution in [0.15, 0.2) is 12.2 Å². The van der Waals surface area contributed by atoms with Crippen molar-refractivity contribution in [2.75, 3.05) is 0 Å². The van der Waals surface area contributed by atoms with Crippen LogP contribution in [0.2, 0.25) is 0 Å². The van der Waals surface area contributed by atoms with E-state index in [4.69, 9.17) is 0 Å². The van der Waals surface area contributed by atoms with Gasteiger partial charge in [-0.05, 0) is 25.2 Å². The molecule has 1 fully saturated rings. The predicted molar refractivity (Wildman–Crippen MR) is 52.0 cm³/mol. The van der Waals surface area contributed by atoms with Crippen molar-refractivity contribution in [2.45, 2.75) is 51.6 Å². The van der Waals surface area contributed by atoms with Crippen LogP contribution < -0.4 is 0 Å². The average molecular weight is 168 g/mol. The fourth-order valence-corrected chi connectivity index (χ4v) is 1.67. The van der Waals surface area contributed by atoms with Gasteiger partial charge in [0.1, 0.15) is 0 Å². The highest BCUT2D eigenvalue weighted by Gasteiger charge is 2.20. The van der Waals surface area contributed by atoms with Gasteiger partial charge in [0, 0.05) is 0 Å². The van der Waals surface area contributed by atoms with E-state index in [1.807, 2.05) is 0 Å². The Labute approximate surface area is 75.5 Å². The highest BCUT2D eigenvalue weighted by Crippen LogP contribution is 2.31. The molecule has 0 aliphatic heterocycles. The highest BCUT2D eigenvalue weighted by atomic mass is 16.3. The van der Waals surface area contributed by atoms with E-state index in [9.17, 15) is 5.11 Å². The van der Waals surface area contributed by atoms with Gasteiger partial charge in [-0.25, -0.2) is 0 Å². The molecular formula is C11H20O. The molecule has 1 heteroatoms. The zero-order valence-electron chi connectivity index (χ0n) is 8.05. The van der Waals surface area contributed by atoms with Gasteiger partial charge in [0.15, 0.2) is 0 Å². The van der Waals surface area contributed by atoms with Crippen LogP contribution in [0.3, 0.4) is 0 Å². The van der Waals surface area contributed by atoms with E-state index in [1.165, 1.54) is 24.8 Å². The first-order chi connectivity index (χ1) is 5.72. The van der Waals surface area contributed by atoms with Gasteiger partial charge in [0.05, 0.1) is 6.10 Å². The number of hydrogen-bond donors (Lipinski definition) is 1. The van der Waals surface area contributed by atoms with E-state index < -0.39 is 0 Å². The number of rotatable bonds is 5. The molecule has 1 rings (SSSR count). The lowest BCUT2D eigenvalue weighted by Crippen LogP contribution is -2.19. The van der Waals surface area contributed by atoms with Gasteiger partial charge in [-0.3, -0.25) is 0 Å². The Balaban J connectivity index is 2.10. The van der Waals surface area contributed by atoms with E-state index in [2.05, 4.69) is 13.5 Å². The maximum atomic E-state index is 9.63. The average Bonchev–Trinajstić information content (AvgIpc) is 1.97. The Morgan fingerprint density at radius 2 is 2.25 bits per heavy atom. The van der Waals surface area contributed by atoms with Crippen molar-refractivity contribution in [2.24, 2.45) is 5.92 Å². The largest absolute Gasteiger partial charge is 0.393 e. The molecule has 1 nitrogen and oxygen atoms in total. The van der Waals surface area contributed by atoms with E-state index in [1.54, 1.807) is 0 Å². The molecule has 0 radical (unpaired) electrons. The maximum absolute atomic E-state index is 9.63. The Bertz CT molecular complexity index is 147. The van der Waals surface area contributed by atoms with Gasteiger partial charge in [0.25, 0.3) is 0 Å².